The van der Waals surface area contributed by atoms with E-state index in [2.05, 4.69) is 51.9 Å². The van der Waals surface area contributed by atoms with Gasteiger partial charge >= 0.3 is 0 Å². The summed E-state index contributed by atoms with van der Waals surface area (Å²) < 4.78 is 10.2. The summed E-state index contributed by atoms with van der Waals surface area (Å²) in [6.45, 7) is 3.82. The van der Waals surface area contributed by atoms with Crippen LogP contribution < -0.4 is 31.6 Å². The monoisotopic (exact) mass is 661 g/mol. The molecule has 0 saturated carbocycles. The number of rotatable bonds is 21. The maximum absolute atomic E-state index is 12.6. The Bertz CT molecular complexity index is 1300. The quantitative estimate of drug-likeness (QED) is 0.0839. The minimum absolute atomic E-state index is 0. The summed E-state index contributed by atoms with van der Waals surface area (Å²) in [6.07, 6.45) is 25.7. The lowest BCUT2D eigenvalue weighted by atomic mass is 10.0. The van der Waals surface area contributed by atoms with Crippen molar-refractivity contribution in [3.63, 3.8) is 0 Å². The Kier molecular flexibility index (Phi) is 16.7. The zero-order valence-electron chi connectivity index (χ0n) is 26.7. The first-order valence-electron chi connectivity index (χ1n) is 16.8. The number of hydrogen-bond acceptors (Lipinski definition) is 2. The first-order valence-corrected chi connectivity index (χ1v) is 16.8. The van der Waals surface area contributed by atoms with Gasteiger partial charge in [-0.1, -0.05) is 121 Å². The van der Waals surface area contributed by atoms with Gasteiger partial charge in [-0.25, -0.2) is 8.97 Å². The molecule has 4 rings (SSSR count). The Hall–Kier alpha value is -3.12. The predicted octanol–water partition coefficient (Wildman–Crippen LogP) is 6.32. The van der Waals surface area contributed by atoms with Crippen molar-refractivity contribution in [2.24, 2.45) is 0 Å². The minimum Gasteiger partial charge on any atom is -1.00 e. The van der Waals surface area contributed by atoms with E-state index in [1.54, 1.807) is 0 Å². The van der Waals surface area contributed by atoms with E-state index in [1.165, 1.54) is 89.0 Å². The number of benzene rings is 2. The van der Waals surface area contributed by atoms with Crippen LogP contribution >= 0.6 is 0 Å². The topological polar surface area (TPSA) is 46.6 Å². The lowest BCUT2D eigenvalue weighted by Gasteiger charge is -2.09. The molecule has 0 aliphatic carbocycles. The summed E-state index contributed by atoms with van der Waals surface area (Å²) in [5.41, 5.74) is 4.14. The van der Waals surface area contributed by atoms with E-state index in [1.807, 2.05) is 54.7 Å². The molecule has 0 saturated heterocycles. The highest BCUT2D eigenvalue weighted by molar-refractivity contribution is 5.92. The van der Waals surface area contributed by atoms with Gasteiger partial charge in [-0.3, -0.25) is 4.79 Å². The van der Waals surface area contributed by atoms with Crippen molar-refractivity contribution in [3.05, 3.63) is 96.6 Å². The smallest absolute Gasteiger partial charge is 0.249 e. The molecule has 5 nitrogen and oxygen atoms in total. The highest BCUT2D eigenvalue weighted by Crippen LogP contribution is 2.16. The third-order valence-corrected chi connectivity index (χ3v) is 8.15. The van der Waals surface area contributed by atoms with Crippen LogP contribution in [-0.4, -0.2) is 16.9 Å². The number of hydrogen-bond donors (Lipinski definition) is 1. The SMILES string of the molecule is CCCCCCCCCCCCCCCCOc1ccc(CC(=O)Nc2ccc(C[n+]3cc4ccccn4c3)cc2)cc1.[Br-]. The van der Waals surface area contributed by atoms with Gasteiger partial charge in [0.25, 0.3) is 0 Å². The maximum Gasteiger partial charge on any atom is 0.249 e. The van der Waals surface area contributed by atoms with Crippen LogP contribution in [0.15, 0.2) is 85.5 Å². The van der Waals surface area contributed by atoms with E-state index in [0.29, 0.717) is 6.42 Å². The summed E-state index contributed by atoms with van der Waals surface area (Å²) >= 11 is 0. The van der Waals surface area contributed by atoms with E-state index >= 15 is 0 Å². The van der Waals surface area contributed by atoms with Crippen molar-refractivity contribution < 1.29 is 31.1 Å². The van der Waals surface area contributed by atoms with Crippen molar-refractivity contribution in [3.8, 4) is 5.75 Å². The van der Waals surface area contributed by atoms with Gasteiger partial charge in [-0.05, 0) is 53.9 Å². The molecule has 2 heterocycles. The molecule has 1 N–H and O–H groups in total. The molecule has 0 aliphatic heterocycles. The predicted molar refractivity (Wildman–Crippen MR) is 178 cm³/mol. The average molecular weight is 663 g/mol. The average Bonchev–Trinajstić information content (AvgIpc) is 3.43. The molecular weight excluding hydrogens is 610 g/mol. The van der Waals surface area contributed by atoms with Crippen molar-refractivity contribution in [2.75, 3.05) is 11.9 Å². The van der Waals surface area contributed by atoms with Gasteiger partial charge < -0.3 is 27.0 Å². The zero-order chi connectivity index (χ0) is 30.0. The van der Waals surface area contributed by atoms with Crippen LogP contribution in [0.2, 0.25) is 0 Å². The number of pyridine rings is 1. The van der Waals surface area contributed by atoms with Crippen LogP contribution in [-0.2, 0) is 17.8 Å². The van der Waals surface area contributed by atoms with Crippen LogP contribution in [0.25, 0.3) is 5.52 Å². The van der Waals surface area contributed by atoms with Crippen LogP contribution in [0.3, 0.4) is 0 Å². The number of amides is 1. The molecule has 2 aromatic carbocycles. The van der Waals surface area contributed by atoms with Gasteiger partial charge in [0.2, 0.25) is 12.2 Å². The molecule has 4 aromatic rings. The third-order valence-electron chi connectivity index (χ3n) is 8.15. The Morgan fingerprint density at radius 1 is 0.727 bits per heavy atom. The lowest BCUT2D eigenvalue weighted by Crippen LogP contribution is -3.00. The Labute approximate surface area is 275 Å². The third kappa shape index (κ3) is 13.3. The number of ether oxygens (including phenoxy) is 1. The van der Waals surface area contributed by atoms with Crippen LogP contribution in [0.1, 0.15) is 108 Å². The van der Waals surface area contributed by atoms with Gasteiger partial charge in [0.1, 0.15) is 18.5 Å². The summed E-state index contributed by atoms with van der Waals surface area (Å²) in [7, 11) is 0. The second-order valence-corrected chi connectivity index (χ2v) is 12.0. The molecule has 0 atom stereocenters. The molecule has 0 radical (unpaired) electrons. The molecule has 0 unspecified atom stereocenters. The zero-order valence-corrected chi connectivity index (χ0v) is 28.3. The van der Waals surface area contributed by atoms with Gasteiger partial charge in [-0.15, -0.1) is 0 Å². The van der Waals surface area contributed by atoms with E-state index in [-0.39, 0.29) is 22.9 Å². The van der Waals surface area contributed by atoms with Gasteiger partial charge in [0, 0.05) is 5.69 Å². The van der Waals surface area contributed by atoms with Crippen molar-refractivity contribution >= 4 is 17.1 Å². The largest absolute Gasteiger partial charge is 1.00 e. The van der Waals surface area contributed by atoms with Crippen LogP contribution in [0, 0.1) is 0 Å². The fourth-order valence-corrected chi connectivity index (χ4v) is 5.62. The Balaban J connectivity index is 0.00000529. The minimum atomic E-state index is -0.0168. The molecule has 6 heteroatoms. The number of anilines is 1. The standard InChI is InChI=1S/C38H51N3O2.BrH/c1-2-3-4-5-6-7-8-9-10-11-12-13-14-17-28-43-37-25-21-33(22-26-37)29-38(42)39-35-23-19-34(20-24-35)30-40-31-36-18-15-16-27-41(36)32-40;/h15-16,18-27,31-32H,2-14,17,28-30H2,1H3;1H. The first kappa shape index (κ1) is 35.4. The van der Waals surface area contributed by atoms with Gasteiger partial charge in [-0.2, -0.15) is 0 Å². The van der Waals surface area contributed by atoms with E-state index in [4.69, 9.17) is 4.74 Å². The van der Waals surface area contributed by atoms with E-state index in [9.17, 15) is 4.79 Å². The Morgan fingerprint density at radius 3 is 1.93 bits per heavy atom. The number of nitrogens with one attached hydrogen (secondary N) is 1. The molecule has 2 aromatic heterocycles. The number of nitrogens with zero attached hydrogens (tertiary/aromatic N) is 2. The highest BCUT2D eigenvalue weighted by atomic mass is 79.9. The second kappa shape index (κ2) is 20.8. The number of carbonyl (C=O) groups is 1. The molecule has 0 bridgehead atoms. The summed E-state index contributed by atoms with van der Waals surface area (Å²) in [5.74, 6) is 0.861. The molecule has 44 heavy (non-hydrogen) atoms. The number of halogens is 1. The van der Waals surface area contributed by atoms with Crippen molar-refractivity contribution in [1.29, 1.82) is 0 Å². The van der Waals surface area contributed by atoms with Crippen molar-refractivity contribution in [1.82, 2.24) is 4.40 Å². The number of carbonyl (C=O) groups excluding carboxylic acids is 1. The fourth-order valence-electron chi connectivity index (χ4n) is 5.62. The van der Waals surface area contributed by atoms with Crippen LogP contribution in [0.5, 0.6) is 5.75 Å². The van der Waals surface area contributed by atoms with E-state index in [0.717, 1.165) is 42.1 Å². The lowest BCUT2D eigenvalue weighted by molar-refractivity contribution is -0.686. The summed E-state index contributed by atoms with van der Waals surface area (Å²) in [5, 5.41) is 3.02. The van der Waals surface area contributed by atoms with Crippen molar-refractivity contribution in [2.45, 2.75) is 110 Å². The summed E-state index contributed by atoms with van der Waals surface area (Å²) in [4.78, 5) is 12.6. The molecule has 0 aliphatic rings. The molecule has 238 valence electrons. The molecule has 0 fully saturated rings. The van der Waals surface area contributed by atoms with Gasteiger partial charge in [0.05, 0.1) is 19.2 Å². The second-order valence-electron chi connectivity index (χ2n) is 12.0. The summed E-state index contributed by atoms with van der Waals surface area (Å²) in [6, 6.07) is 22.2. The van der Waals surface area contributed by atoms with Gasteiger partial charge in [0.15, 0.2) is 5.52 Å². The molecule has 1 amide bonds. The normalized spacial score (nSPS) is 10.9. The highest BCUT2D eigenvalue weighted by Gasteiger charge is 2.08. The maximum atomic E-state index is 12.6. The molecular formula is C38H52BrN3O2. The number of aromatic nitrogens is 2. The number of fused-ring (bicyclic) bond motifs is 1. The van der Waals surface area contributed by atoms with E-state index < -0.39 is 0 Å². The fraction of sp³-hybridized carbons (Fsp3) is 0.474. The first-order chi connectivity index (χ1) is 21.2. The van der Waals surface area contributed by atoms with Crippen LogP contribution in [0.4, 0.5) is 5.69 Å². The molecule has 0 spiro atoms. The number of unbranched alkanes of at least 4 members (excludes halogenated alkanes) is 13. The number of imidazole rings is 1. The Morgan fingerprint density at radius 2 is 1.32 bits per heavy atom.